The van der Waals surface area contributed by atoms with Gasteiger partial charge >= 0.3 is 5.97 Å². The zero-order chi connectivity index (χ0) is 15.7. The molecule has 1 heterocycles. The van der Waals surface area contributed by atoms with E-state index in [1.165, 1.54) is 30.7 Å². The molecule has 0 fully saturated rings. The number of aromatic nitrogens is 1. The van der Waals surface area contributed by atoms with E-state index in [9.17, 15) is 14.7 Å². The average Bonchev–Trinajstić information content (AvgIpc) is 2.39. The topological polar surface area (TPSA) is 77.8 Å². The van der Waals surface area contributed by atoms with E-state index in [0.29, 0.717) is 10.9 Å². The van der Waals surface area contributed by atoms with Crippen LogP contribution in [0.3, 0.4) is 0 Å². The molecule has 0 spiro atoms. The average molecular weight is 291 g/mol. The van der Waals surface area contributed by atoms with Gasteiger partial charge in [-0.3, -0.25) is 9.59 Å². The lowest BCUT2D eigenvalue weighted by atomic mass is 10.1. The van der Waals surface area contributed by atoms with Gasteiger partial charge in [0.1, 0.15) is 5.75 Å². The Kier molecular flexibility index (Phi) is 3.88. The number of aromatic hydroxyl groups is 1. The minimum atomic E-state index is -0.598. The van der Waals surface area contributed by atoms with Crippen molar-refractivity contribution < 1.29 is 19.4 Å². The van der Waals surface area contributed by atoms with E-state index in [1.807, 2.05) is 13.8 Å². The molecule has 0 aliphatic carbocycles. The maximum Gasteiger partial charge on any atom is 0.308 e. The number of benzene rings is 1. The van der Waals surface area contributed by atoms with Crippen molar-refractivity contribution in [2.24, 2.45) is 0 Å². The number of rotatable bonds is 3. The van der Waals surface area contributed by atoms with Crippen molar-refractivity contribution in [3.63, 3.8) is 0 Å². The summed E-state index contributed by atoms with van der Waals surface area (Å²) in [6.45, 7) is 4.88. The summed E-state index contributed by atoms with van der Waals surface area (Å²) in [5.74, 6) is -0.517. The molecule has 0 aliphatic rings. The van der Waals surface area contributed by atoms with E-state index in [4.69, 9.17) is 9.47 Å². The molecular formula is C15H17NO5. The number of phenolic OH excluding ortho intramolecular Hbond substituents is 1. The first-order valence-electron chi connectivity index (χ1n) is 6.50. The van der Waals surface area contributed by atoms with Gasteiger partial charge < -0.3 is 19.1 Å². The fraction of sp³-hybridized carbons (Fsp3) is 0.333. The van der Waals surface area contributed by atoms with Crippen LogP contribution in [-0.4, -0.2) is 22.8 Å². The molecular weight excluding hydrogens is 274 g/mol. The predicted octanol–water partition coefficient (Wildman–Crippen LogP) is 2.22. The Morgan fingerprint density at radius 1 is 1.29 bits per heavy atom. The molecule has 6 heteroatoms. The van der Waals surface area contributed by atoms with Crippen LogP contribution < -0.4 is 15.0 Å². The van der Waals surface area contributed by atoms with E-state index in [-0.39, 0.29) is 23.3 Å². The van der Waals surface area contributed by atoms with Gasteiger partial charge in [-0.2, -0.15) is 0 Å². The van der Waals surface area contributed by atoms with Crippen LogP contribution in [0.25, 0.3) is 10.9 Å². The van der Waals surface area contributed by atoms with Gasteiger partial charge in [0.05, 0.1) is 12.6 Å². The molecule has 2 aromatic rings. The van der Waals surface area contributed by atoms with Gasteiger partial charge in [-0.05, 0) is 26.0 Å². The van der Waals surface area contributed by atoms with Crippen LogP contribution in [0.2, 0.25) is 0 Å². The van der Waals surface area contributed by atoms with Crippen molar-refractivity contribution >= 4 is 16.9 Å². The van der Waals surface area contributed by atoms with Crippen molar-refractivity contribution in [2.75, 3.05) is 7.11 Å². The van der Waals surface area contributed by atoms with E-state index in [0.717, 1.165) is 0 Å². The minimum Gasteiger partial charge on any atom is -0.508 e. The Bertz CT molecular complexity index is 761. The third-order valence-corrected chi connectivity index (χ3v) is 3.07. The number of carbonyl (C=O) groups excluding carboxylic acids is 1. The zero-order valence-electron chi connectivity index (χ0n) is 12.3. The van der Waals surface area contributed by atoms with Crippen LogP contribution in [-0.2, 0) is 4.79 Å². The van der Waals surface area contributed by atoms with Gasteiger partial charge in [0.15, 0.2) is 5.75 Å². The number of fused-ring (bicyclic) bond motifs is 1. The third-order valence-electron chi connectivity index (χ3n) is 3.07. The summed E-state index contributed by atoms with van der Waals surface area (Å²) >= 11 is 0. The normalized spacial score (nSPS) is 10.9. The number of pyridine rings is 1. The Morgan fingerprint density at radius 2 is 1.95 bits per heavy atom. The molecule has 0 atom stereocenters. The highest BCUT2D eigenvalue weighted by Crippen LogP contribution is 2.35. The molecule has 2 rings (SSSR count). The van der Waals surface area contributed by atoms with E-state index >= 15 is 0 Å². The van der Waals surface area contributed by atoms with E-state index in [1.54, 1.807) is 6.07 Å². The Morgan fingerprint density at radius 3 is 2.48 bits per heavy atom. The maximum absolute atomic E-state index is 12.6. The van der Waals surface area contributed by atoms with E-state index < -0.39 is 11.5 Å². The standard InChI is InChI=1S/C15H17NO5/c1-8(2)16-12-7-10(18)5-6-11(12)13(20-4)14(15(16)19)21-9(3)17/h5-8,18H,1-4H3. The minimum absolute atomic E-state index is 0.0404. The van der Waals surface area contributed by atoms with Gasteiger partial charge in [-0.1, -0.05) is 0 Å². The second-order valence-corrected chi connectivity index (χ2v) is 4.93. The predicted molar refractivity (Wildman–Crippen MR) is 78.1 cm³/mol. The number of carbonyl (C=O) groups is 1. The summed E-state index contributed by atoms with van der Waals surface area (Å²) in [5.41, 5.74) is 0.0397. The van der Waals surface area contributed by atoms with Crippen LogP contribution in [0, 0.1) is 0 Å². The van der Waals surface area contributed by atoms with Crippen molar-refractivity contribution in [2.45, 2.75) is 26.8 Å². The molecule has 0 saturated carbocycles. The van der Waals surface area contributed by atoms with E-state index in [2.05, 4.69) is 0 Å². The smallest absolute Gasteiger partial charge is 0.308 e. The molecule has 1 aromatic heterocycles. The van der Waals surface area contributed by atoms with Crippen LogP contribution in [0.4, 0.5) is 0 Å². The number of hydrogen-bond donors (Lipinski definition) is 1. The fourth-order valence-corrected chi connectivity index (χ4v) is 2.30. The lowest BCUT2D eigenvalue weighted by Gasteiger charge is -2.18. The fourth-order valence-electron chi connectivity index (χ4n) is 2.30. The molecule has 0 bridgehead atoms. The summed E-state index contributed by atoms with van der Waals surface area (Å²) in [4.78, 5) is 23.8. The van der Waals surface area contributed by atoms with Crippen molar-refractivity contribution in [3.8, 4) is 17.2 Å². The van der Waals surface area contributed by atoms with Gasteiger partial charge in [0.25, 0.3) is 5.56 Å². The number of methoxy groups -OCH3 is 1. The lowest BCUT2D eigenvalue weighted by Crippen LogP contribution is -2.25. The highest BCUT2D eigenvalue weighted by Gasteiger charge is 2.21. The van der Waals surface area contributed by atoms with Crippen molar-refractivity contribution in [3.05, 3.63) is 28.6 Å². The highest BCUT2D eigenvalue weighted by molar-refractivity contribution is 5.90. The molecule has 0 aliphatic heterocycles. The first kappa shape index (κ1) is 14.9. The quantitative estimate of drug-likeness (QED) is 0.877. The molecule has 0 radical (unpaired) electrons. The van der Waals surface area contributed by atoms with Gasteiger partial charge in [0.2, 0.25) is 5.75 Å². The summed E-state index contributed by atoms with van der Waals surface area (Å²) in [6.07, 6.45) is 0. The number of ether oxygens (including phenoxy) is 2. The summed E-state index contributed by atoms with van der Waals surface area (Å²) < 4.78 is 11.7. The molecule has 1 N–H and O–H groups in total. The van der Waals surface area contributed by atoms with Gasteiger partial charge in [-0.25, -0.2) is 0 Å². The third kappa shape index (κ3) is 2.56. The number of phenols is 1. The Labute approximate surface area is 121 Å². The van der Waals surface area contributed by atoms with Crippen LogP contribution in [0.15, 0.2) is 23.0 Å². The van der Waals surface area contributed by atoms with Crippen molar-refractivity contribution in [1.29, 1.82) is 0 Å². The van der Waals surface area contributed by atoms with Gasteiger partial charge in [-0.15, -0.1) is 0 Å². The number of nitrogens with zero attached hydrogens (tertiary/aromatic N) is 1. The first-order valence-corrected chi connectivity index (χ1v) is 6.50. The zero-order valence-corrected chi connectivity index (χ0v) is 12.3. The number of hydrogen-bond acceptors (Lipinski definition) is 5. The monoisotopic (exact) mass is 291 g/mol. The summed E-state index contributed by atoms with van der Waals surface area (Å²) in [5, 5.41) is 10.2. The van der Waals surface area contributed by atoms with Crippen LogP contribution >= 0.6 is 0 Å². The molecule has 0 saturated heterocycles. The lowest BCUT2D eigenvalue weighted by molar-refractivity contribution is -0.132. The molecule has 112 valence electrons. The SMILES string of the molecule is COc1c(OC(C)=O)c(=O)n(C(C)C)c2cc(O)ccc12. The second kappa shape index (κ2) is 5.47. The highest BCUT2D eigenvalue weighted by atomic mass is 16.6. The molecule has 0 amide bonds. The first-order chi connectivity index (χ1) is 9.86. The largest absolute Gasteiger partial charge is 0.508 e. The maximum atomic E-state index is 12.6. The molecule has 1 aromatic carbocycles. The Hall–Kier alpha value is -2.50. The molecule has 6 nitrogen and oxygen atoms in total. The molecule has 21 heavy (non-hydrogen) atoms. The Balaban J connectivity index is 2.97. The van der Waals surface area contributed by atoms with Gasteiger partial charge in [0, 0.05) is 24.4 Å². The number of esters is 1. The summed E-state index contributed by atoms with van der Waals surface area (Å²) in [6, 6.07) is 4.41. The van der Waals surface area contributed by atoms with Crippen molar-refractivity contribution in [1.82, 2.24) is 4.57 Å². The second-order valence-electron chi connectivity index (χ2n) is 4.93. The van der Waals surface area contributed by atoms with Crippen LogP contribution in [0.1, 0.15) is 26.8 Å². The van der Waals surface area contributed by atoms with Crippen LogP contribution in [0.5, 0.6) is 17.2 Å². The molecule has 0 unspecified atom stereocenters. The summed E-state index contributed by atoms with van der Waals surface area (Å²) in [7, 11) is 1.40.